The van der Waals surface area contributed by atoms with Gasteiger partial charge in [0.1, 0.15) is 0 Å². The molecular weight excluding hydrogens is 402 g/mol. The SMILES string of the molecule is Cc1ccc(S(=O)(=O)N2CCCCC2)cc1C(=O)NCCNC(=O)c1ccccc1. The smallest absolute Gasteiger partial charge is 0.251 e. The van der Waals surface area contributed by atoms with Crippen molar-refractivity contribution in [1.29, 1.82) is 0 Å². The van der Waals surface area contributed by atoms with Crippen LogP contribution >= 0.6 is 0 Å². The van der Waals surface area contributed by atoms with Crippen molar-refractivity contribution in [3.63, 3.8) is 0 Å². The molecule has 3 rings (SSSR count). The lowest BCUT2D eigenvalue weighted by Gasteiger charge is -2.26. The van der Waals surface area contributed by atoms with Gasteiger partial charge in [0.15, 0.2) is 0 Å². The van der Waals surface area contributed by atoms with Crippen molar-refractivity contribution >= 4 is 21.8 Å². The zero-order valence-electron chi connectivity index (χ0n) is 17.1. The van der Waals surface area contributed by atoms with Gasteiger partial charge in [-0.15, -0.1) is 0 Å². The number of piperidine rings is 1. The predicted molar refractivity (Wildman–Crippen MR) is 115 cm³/mol. The molecule has 7 nitrogen and oxygen atoms in total. The number of aryl methyl sites for hydroxylation is 1. The third-order valence-corrected chi connectivity index (χ3v) is 7.03. The molecule has 0 unspecified atom stereocenters. The topological polar surface area (TPSA) is 95.6 Å². The van der Waals surface area contributed by atoms with Crippen molar-refractivity contribution in [2.45, 2.75) is 31.1 Å². The van der Waals surface area contributed by atoms with E-state index in [1.165, 1.54) is 10.4 Å². The lowest BCUT2D eigenvalue weighted by molar-refractivity contribution is 0.0927. The average Bonchev–Trinajstić information content (AvgIpc) is 2.77. The summed E-state index contributed by atoms with van der Waals surface area (Å²) in [6, 6.07) is 13.5. The minimum absolute atomic E-state index is 0.137. The Hall–Kier alpha value is -2.71. The van der Waals surface area contributed by atoms with Crippen molar-refractivity contribution < 1.29 is 18.0 Å². The molecule has 2 aromatic rings. The molecule has 0 radical (unpaired) electrons. The van der Waals surface area contributed by atoms with Gasteiger partial charge in [-0.1, -0.05) is 30.7 Å². The largest absolute Gasteiger partial charge is 0.350 e. The van der Waals surface area contributed by atoms with Crippen molar-refractivity contribution in [2.75, 3.05) is 26.2 Å². The van der Waals surface area contributed by atoms with Gasteiger partial charge >= 0.3 is 0 Å². The van der Waals surface area contributed by atoms with E-state index in [4.69, 9.17) is 0 Å². The Labute approximate surface area is 177 Å². The van der Waals surface area contributed by atoms with Gasteiger partial charge in [-0.25, -0.2) is 8.42 Å². The molecular formula is C22H27N3O4S. The van der Waals surface area contributed by atoms with Gasteiger partial charge in [0.05, 0.1) is 4.90 Å². The Bertz CT molecular complexity index is 1000. The van der Waals surface area contributed by atoms with Gasteiger partial charge in [0.25, 0.3) is 11.8 Å². The summed E-state index contributed by atoms with van der Waals surface area (Å²) in [7, 11) is -3.61. The third kappa shape index (κ3) is 5.25. The summed E-state index contributed by atoms with van der Waals surface area (Å²) in [5.41, 5.74) is 1.57. The summed E-state index contributed by atoms with van der Waals surface area (Å²) >= 11 is 0. The van der Waals surface area contributed by atoms with E-state index in [-0.39, 0.29) is 29.8 Å². The quantitative estimate of drug-likeness (QED) is 0.661. The summed E-state index contributed by atoms with van der Waals surface area (Å²) in [4.78, 5) is 24.8. The zero-order chi connectivity index (χ0) is 21.6. The first-order valence-corrected chi connectivity index (χ1v) is 11.6. The molecule has 1 fully saturated rings. The second-order valence-electron chi connectivity index (χ2n) is 7.32. The van der Waals surface area contributed by atoms with Crippen LogP contribution in [0.15, 0.2) is 53.4 Å². The number of amides is 2. The van der Waals surface area contributed by atoms with Crippen molar-refractivity contribution in [3.8, 4) is 0 Å². The monoisotopic (exact) mass is 429 g/mol. The molecule has 0 aliphatic carbocycles. The number of rotatable bonds is 7. The number of carbonyl (C=O) groups is 2. The number of hydrogen-bond acceptors (Lipinski definition) is 4. The molecule has 1 aliphatic rings. The number of benzene rings is 2. The van der Waals surface area contributed by atoms with Gasteiger partial charge in [-0.2, -0.15) is 4.31 Å². The number of nitrogens with zero attached hydrogens (tertiary/aromatic N) is 1. The number of sulfonamides is 1. The molecule has 2 amide bonds. The van der Waals surface area contributed by atoms with Crippen LogP contribution in [-0.2, 0) is 10.0 Å². The summed E-state index contributed by atoms with van der Waals surface area (Å²) < 4.78 is 27.3. The van der Waals surface area contributed by atoms with E-state index in [0.29, 0.717) is 29.8 Å². The van der Waals surface area contributed by atoms with Gasteiger partial charge in [-0.05, 0) is 49.6 Å². The fourth-order valence-corrected chi connectivity index (χ4v) is 4.94. The van der Waals surface area contributed by atoms with Crippen molar-refractivity contribution in [2.24, 2.45) is 0 Å². The first-order chi connectivity index (χ1) is 14.4. The summed E-state index contributed by atoms with van der Waals surface area (Å²) in [5, 5.41) is 5.49. The number of nitrogens with one attached hydrogen (secondary N) is 2. The van der Waals surface area contributed by atoms with Crippen LogP contribution in [0, 0.1) is 6.92 Å². The van der Waals surface area contributed by atoms with Crippen molar-refractivity contribution in [1.82, 2.24) is 14.9 Å². The normalized spacial score (nSPS) is 14.8. The second-order valence-corrected chi connectivity index (χ2v) is 9.26. The highest BCUT2D eigenvalue weighted by molar-refractivity contribution is 7.89. The van der Waals surface area contributed by atoms with Crippen LogP contribution < -0.4 is 10.6 Å². The fraction of sp³-hybridized carbons (Fsp3) is 0.364. The minimum atomic E-state index is -3.61. The van der Waals surface area contributed by atoms with E-state index >= 15 is 0 Å². The van der Waals surface area contributed by atoms with E-state index in [2.05, 4.69) is 10.6 Å². The Morgan fingerprint density at radius 2 is 1.53 bits per heavy atom. The van der Waals surface area contributed by atoms with E-state index in [1.807, 2.05) is 6.07 Å². The van der Waals surface area contributed by atoms with Gasteiger partial charge in [-0.3, -0.25) is 9.59 Å². The van der Waals surface area contributed by atoms with Gasteiger partial charge < -0.3 is 10.6 Å². The fourth-order valence-electron chi connectivity index (χ4n) is 3.40. The predicted octanol–water partition coefficient (Wildman–Crippen LogP) is 2.33. The molecule has 0 spiro atoms. The van der Waals surface area contributed by atoms with Crippen molar-refractivity contribution in [3.05, 3.63) is 65.2 Å². The van der Waals surface area contributed by atoms with Crippen LogP contribution in [0.3, 0.4) is 0 Å². The van der Waals surface area contributed by atoms with Crippen LogP contribution in [0.25, 0.3) is 0 Å². The van der Waals surface area contributed by atoms with E-state index in [1.54, 1.807) is 43.3 Å². The maximum Gasteiger partial charge on any atom is 0.251 e. The van der Waals surface area contributed by atoms with Crippen LogP contribution in [-0.4, -0.2) is 50.7 Å². The molecule has 0 aromatic heterocycles. The lowest BCUT2D eigenvalue weighted by Crippen LogP contribution is -2.36. The average molecular weight is 430 g/mol. The lowest BCUT2D eigenvalue weighted by atomic mass is 10.1. The molecule has 0 atom stereocenters. The first-order valence-electron chi connectivity index (χ1n) is 10.1. The molecule has 2 N–H and O–H groups in total. The Balaban J connectivity index is 1.60. The number of carbonyl (C=O) groups excluding carboxylic acids is 2. The first kappa shape index (κ1) is 22.0. The van der Waals surface area contributed by atoms with Crippen LogP contribution in [0.5, 0.6) is 0 Å². The van der Waals surface area contributed by atoms with Crippen LogP contribution in [0.2, 0.25) is 0 Å². The standard InChI is InChI=1S/C22H27N3O4S/c1-17-10-11-19(30(28,29)25-14-6-3-7-15-25)16-20(17)22(27)24-13-12-23-21(26)18-8-4-2-5-9-18/h2,4-5,8-11,16H,3,6-7,12-15H2,1H3,(H,23,26)(H,24,27). The highest BCUT2D eigenvalue weighted by atomic mass is 32.2. The second kappa shape index (κ2) is 9.86. The Morgan fingerprint density at radius 1 is 0.900 bits per heavy atom. The van der Waals surface area contributed by atoms with E-state index < -0.39 is 10.0 Å². The summed E-state index contributed by atoms with van der Waals surface area (Å²) in [6.07, 6.45) is 2.74. The Kier molecular flexibility index (Phi) is 7.23. The number of hydrogen-bond donors (Lipinski definition) is 2. The molecule has 30 heavy (non-hydrogen) atoms. The van der Waals surface area contributed by atoms with Crippen LogP contribution in [0.4, 0.5) is 0 Å². The maximum absolute atomic E-state index is 12.9. The summed E-state index contributed by atoms with van der Waals surface area (Å²) in [5.74, 6) is -0.576. The molecule has 160 valence electrons. The molecule has 1 heterocycles. The third-order valence-electron chi connectivity index (χ3n) is 5.14. The van der Waals surface area contributed by atoms with Crippen LogP contribution in [0.1, 0.15) is 45.5 Å². The Morgan fingerprint density at radius 3 is 2.20 bits per heavy atom. The van der Waals surface area contributed by atoms with Gasteiger partial charge in [0.2, 0.25) is 10.0 Å². The molecule has 0 bridgehead atoms. The zero-order valence-corrected chi connectivity index (χ0v) is 17.9. The maximum atomic E-state index is 12.9. The highest BCUT2D eigenvalue weighted by Crippen LogP contribution is 2.22. The van der Waals surface area contributed by atoms with E-state index in [9.17, 15) is 18.0 Å². The summed E-state index contributed by atoms with van der Waals surface area (Å²) in [6.45, 7) is 3.30. The van der Waals surface area contributed by atoms with E-state index in [0.717, 1.165) is 19.3 Å². The highest BCUT2D eigenvalue weighted by Gasteiger charge is 2.27. The minimum Gasteiger partial charge on any atom is -0.350 e. The molecule has 8 heteroatoms. The molecule has 0 saturated carbocycles. The van der Waals surface area contributed by atoms with Gasteiger partial charge in [0, 0.05) is 37.3 Å². The molecule has 2 aromatic carbocycles. The molecule has 1 aliphatic heterocycles. The molecule has 1 saturated heterocycles.